The minimum atomic E-state index is -0.421. The summed E-state index contributed by atoms with van der Waals surface area (Å²) in [5.74, 6) is 0.475. The number of rotatable bonds is 4. The summed E-state index contributed by atoms with van der Waals surface area (Å²) in [6.07, 6.45) is 2.50. The Morgan fingerprint density at radius 2 is 2.04 bits per heavy atom. The molecule has 0 aliphatic carbocycles. The smallest absolute Gasteiger partial charge is 0.255 e. The Hall–Kier alpha value is -2.82. The monoisotopic (exact) mass is 310 g/mol. The Labute approximate surface area is 134 Å². The number of hydrogen-bond acceptors (Lipinski definition) is 4. The summed E-state index contributed by atoms with van der Waals surface area (Å²) in [6, 6.07) is 14.6. The molecule has 0 aromatic heterocycles. The third kappa shape index (κ3) is 3.18. The largest absolute Gasteiger partial charge is 0.497 e. The van der Waals surface area contributed by atoms with Gasteiger partial charge in [0.2, 0.25) is 0 Å². The zero-order valence-electron chi connectivity index (χ0n) is 13.1. The standard InChI is InChI=1S/C18H18N2O3/c1-18(10-11-19-23-18)14-6-8-15(9-7-14)20-17(21)13-4-3-5-16(12-13)22-2/h3-9,11-12H,10H2,1-2H3,(H,20,21). The van der Waals surface area contributed by atoms with Gasteiger partial charge in [-0.2, -0.15) is 0 Å². The van der Waals surface area contributed by atoms with Crippen LogP contribution in [0.1, 0.15) is 29.3 Å². The van der Waals surface area contributed by atoms with Gasteiger partial charge < -0.3 is 14.9 Å². The predicted octanol–water partition coefficient (Wildman–Crippen LogP) is 3.57. The first-order valence-electron chi connectivity index (χ1n) is 7.37. The van der Waals surface area contributed by atoms with Crippen molar-refractivity contribution in [3.05, 3.63) is 59.7 Å². The molecule has 0 spiro atoms. The molecular weight excluding hydrogens is 292 g/mol. The second kappa shape index (κ2) is 6.12. The molecule has 1 amide bonds. The maximum absolute atomic E-state index is 12.3. The first-order chi connectivity index (χ1) is 11.1. The molecule has 0 saturated carbocycles. The highest BCUT2D eigenvalue weighted by atomic mass is 16.7. The lowest BCUT2D eigenvalue weighted by atomic mass is 9.93. The van der Waals surface area contributed by atoms with Crippen molar-refractivity contribution in [2.24, 2.45) is 5.16 Å². The number of methoxy groups -OCH3 is 1. The maximum Gasteiger partial charge on any atom is 0.255 e. The van der Waals surface area contributed by atoms with Crippen molar-refractivity contribution in [1.29, 1.82) is 0 Å². The van der Waals surface area contributed by atoms with Crippen molar-refractivity contribution < 1.29 is 14.4 Å². The summed E-state index contributed by atoms with van der Waals surface area (Å²) in [5, 5.41) is 6.71. The molecule has 0 bridgehead atoms. The van der Waals surface area contributed by atoms with E-state index in [0.29, 0.717) is 11.3 Å². The molecule has 2 aromatic rings. The Kier molecular flexibility index (Phi) is 4.02. The molecule has 0 radical (unpaired) electrons. The topological polar surface area (TPSA) is 59.9 Å². The number of benzene rings is 2. The third-order valence-electron chi connectivity index (χ3n) is 3.89. The van der Waals surface area contributed by atoms with Crippen LogP contribution in [0.2, 0.25) is 0 Å². The van der Waals surface area contributed by atoms with E-state index in [-0.39, 0.29) is 5.91 Å². The molecule has 2 aromatic carbocycles. The predicted molar refractivity (Wildman–Crippen MR) is 88.9 cm³/mol. The summed E-state index contributed by atoms with van der Waals surface area (Å²) < 4.78 is 5.13. The summed E-state index contributed by atoms with van der Waals surface area (Å²) in [5.41, 5.74) is 1.88. The van der Waals surface area contributed by atoms with E-state index in [2.05, 4.69) is 10.5 Å². The van der Waals surface area contributed by atoms with Crippen LogP contribution in [0, 0.1) is 0 Å². The van der Waals surface area contributed by atoms with Crippen molar-refractivity contribution >= 4 is 17.8 Å². The molecule has 3 rings (SSSR count). The van der Waals surface area contributed by atoms with E-state index in [1.807, 2.05) is 31.2 Å². The van der Waals surface area contributed by atoms with Crippen LogP contribution in [0.15, 0.2) is 53.7 Å². The third-order valence-corrected chi connectivity index (χ3v) is 3.89. The molecule has 1 aliphatic rings. The summed E-state index contributed by atoms with van der Waals surface area (Å²) in [6.45, 7) is 1.99. The van der Waals surface area contributed by atoms with Gasteiger partial charge >= 0.3 is 0 Å². The van der Waals surface area contributed by atoms with Crippen molar-refractivity contribution in [3.63, 3.8) is 0 Å². The molecule has 5 nitrogen and oxygen atoms in total. The minimum Gasteiger partial charge on any atom is -0.497 e. The molecule has 0 saturated heterocycles. The lowest BCUT2D eigenvalue weighted by Crippen LogP contribution is -2.20. The molecule has 118 valence electrons. The fourth-order valence-electron chi connectivity index (χ4n) is 2.45. The van der Waals surface area contributed by atoms with E-state index in [4.69, 9.17) is 9.57 Å². The zero-order chi connectivity index (χ0) is 16.3. The van der Waals surface area contributed by atoms with Gasteiger partial charge in [-0.15, -0.1) is 0 Å². The van der Waals surface area contributed by atoms with Gasteiger partial charge in [-0.25, -0.2) is 0 Å². The number of amides is 1. The van der Waals surface area contributed by atoms with E-state index in [1.165, 1.54) is 0 Å². The Balaban J connectivity index is 1.71. The Bertz CT molecular complexity index is 730. The molecule has 1 heterocycles. The highest BCUT2D eigenvalue weighted by molar-refractivity contribution is 6.04. The average Bonchev–Trinajstić information content (AvgIpc) is 3.03. The number of nitrogens with zero attached hydrogens (tertiary/aromatic N) is 1. The number of anilines is 1. The van der Waals surface area contributed by atoms with Crippen LogP contribution in [0.25, 0.3) is 0 Å². The van der Waals surface area contributed by atoms with Crippen molar-refractivity contribution in [1.82, 2.24) is 0 Å². The van der Waals surface area contributed by atoms with Gasteiger partial charge in [-0.1, -0.05) is 23.4 Å². The van der Waals surface area contributed by atoms with Gasteiger partial charge in [0.25, 0.3) is 5.91 Å². The first kappa shape index (κ1) is 15.1. The highest BCUT2D eigenvalue weighted by Crippen LogP contribution is 2.32. The van der Waals surface area contributed by atoms with Crippen LogP contribution in [0.5, 0.6) is 5.75 Å². The first-order valence-corrected chi connectivity index (χ1v) is 7.37. The van der Waals surface area contributed by atoms with E-state index >= 15 is 0 Å². The number of oxime groups is 1. The second-order valence-electron chi connectivity index (χ2n) is 5.58. The van der Waals surface area contributed by atoms with Crippen LogP contribution in [0.4, 0.5) is 5.69 Å². The van der Waals surface area contributed by atoms with Crippen LogP contribution < -0.4 is 10.1 Å². The average molecular weight is 310 g/mol. The molecular formula is C18H18N2O3. The van der Waals surface area contributed by atoms with Gasteiger partial charge in [-0.05, 0) is 42.8 Å². The fraction of sp³-hybridized carbons (Fsp3) is 0.222. The van der Waals surface area contributed by atoms with Crippen LogP contribution in [0.3, 0.4) is 0 Å². The van der Waals surface area contributed by atoms with E-state index < -0.39 is 5.60 Å². The Morgan fingerprint density at radius 3 is 2.70 bits per heavy atom. The zero-order valence-corrected chi connectivity index (χ0v) is 13.1. The normalized spacial score (nSPS) is 19.2. The van der Waals surface area contributed by atoms with E-state index in [0.717, 1.165) is 17.7 Å². The van der Waals surface area contributed by atoms with Crippen molar-refractivity contribution in [2.45, 2.75) is 18.9 Å². The summed E-state index contributed by atoms with van der Waals surface area (Å²) >= 11 is 0. The van der Waals surface area contributed by atoms with E-state index in [1.54, 1.807) is 37.6 Å². The Morgan fingerprint density at radius 1 is 1.26 bits per heavy atom. The van der Waals surface area contributed by atoms with Crippen LogP contribution in [-0.4, -0.2) is 19.2 Å². The van der Waals surface area contributed by atoms with E-state index in [9.17, 15) is 4.79 Å². The van der Waals surface area contributed by atoms with Crippen molar-refractivity contribution in [2.75, 3.05) is 12.4 Å². The van der Waals surface area contributed by atoms with Gasteiger partial charge in [0.05, 0.1) is 7.11 Å². The molecule has 1 atom stereocenters. The molecule has 1 N–H and O–H groups in total. The van der Waals surface area contributed by atoms with Gasteiger partial charge in [0.15, 0.2) is 5.60 Å². The van der Waals surface area contributed by atoms with Gasteiger partial charge in [0.1, 0.15) is 5.75 Å². The fourth-order valence-corrected chi connectivity index (χ4v) is 2.45. The van der Waals surface area contributed by atoms with Gasteiger partial charge in [-0.3, -0.25) is 4.79 Å². The SMILES string of the molecule is COc1cccc(C(=O)Nc2ccc(C3(C)CC=NO3)cc2)c1. The van der Waals surface area contributed by atoms with Crippen LogP contribution >= 0.6 is 0 Å². The number of carbonyl (C=O) groups is 1. The number of carbonyl (C=O) groups excluding carboxylic acids is 1. The van der Waals surface area contributed by atoms with Crippen molar-refractivity contribution in [3.8, 4) is 5.75 Å². The van der Waals surface area contributed by atoms with Gasteiger partial charge in [0, 0.05) is 23.9 Å². The highest BCUT2D eigenvalue weighted by Gasteiger charge is 2.31. The van der Waals surface area contributed by atoms with Crippen LogP contribution in [-0.2, 0) is 10.4 Å². The maximum atomic E-state index is 12.3. The summed E-state index contributed by atoms with van der Waals surface area (Å²) in [4.78, 5) is 17.7. The minimum absolute atomic E-state index is 0.177. The number of ether oxygens (including phenoxy) is 1. The second-order valence-corrected chi connectivity index (χ2v) is 5.58. The summed E-state index contributed by atoms with van der Waals surface area (Å²) in [7, 11) is 1.57. The molecule has 5 heteroatoms. The lowest BCUT2D eigenvalue weighted by molar-refractivity contribution is -0.00736. The quantitative estimate of drug-likeness (QED) is 0.939. The molecule has 1 aliphatic heterocycles. The molecule has 1 unspecified atom stereocenters. The molecule has 23 heavy (non-hydrogen) atoms. The number of hydrogen-bond donors (Lipinski definition) is 1. The molecule has 0 fully saturated rings. The lowest BCUT2D eigenvalue weighted by Gasteiger charge is -2.21. The number of nitrogens with one attached hydrogen (secondary N) is 1.